The number of esters is 1. The van der Waals surface area contributed by atoms with Crippen molar-refractivity contribution in [2.45, 2.75) is 28.7 Å². The van der Waals surface area contributed by atoms with E-state index in [0.717, 1.165) is 6.08 Å². The predicted octanol–water partition coefficient (Wildman–Crippen LogP) is 2.65. The molecule has 4 heteroatoms. The smallest absolute Gasteiger partial charge is 0.330 e. The van der Waals surface area contributed by atoms with Gasteiger partial charge in [0.15, 0.2) is 0 Å². The zero-order chi connectivity index (χ0) is 10.9. The van der Waals surface area contributed by atoms with Crippen molar-refractivity contribution in [3.8, 4) is 0 Å². The van der Waals surface area contributed by atoms with Crippen LogP contribution in [0.3, 0.4) is 0 Å². The highest BCUT2D eigenvalue weighted by Gasteiger charge is 1.90. The minimum absolute atomic E-state index is 0. The second-order valence-electron chi connectivity index (χ2n) is 2.04. The molecule has 0 saturated carbocycles. The summed E-state index contributed by atoms with van der Waals surface area (Å²) in [6.07, 6.45) is 1.14. The van der Waals surface area contributed by atoms with Crippen molar-refractivity contribution in [1.82, 2.24) is 0 Å². The number of aliphatic carboxylic acids is 1. The van der Waals surface area contributed by atoms with E-state index < -0.39 is 5.97 Å². The largest absolute Gasteiger partial charge is 0.478 e. The molecule has 0 aromatic rings. The fourth-order valence-corrected chi connectivity index (χ4v) is 0.201. The van der Waals surface area contributed by atoms with E-state index in [1.807, 2.05) is 0 Å². The van der Waals surface area contributed by atoms with Gasteiger partial charge in [-0.2, -0.15) is 0 Å². The Kier molecular flexibility index (Phi) is 23.2. The molecule has 0 fully saturated rings. The molecule has 0 radical (unpaired) electrons. The zero-order valence-corrected chi connectivity index (χ0v) is 7.87. The molecule has 0 aromatic heterocycles. The first-order chi connectivity index (χ1) is 5.95. The Labute approximate surface area is 92.3 Å². The lowest BCUT2D eigenvalue weighted by Crippen LogP contribution is -1.97. The Morgan fingerprint density at radius 3 is 1.80 bits per heavy atom. The number of hydrogen-bond acceptors (Lipinski definition) is 3. The van der Waals surface area contributed by atoms with Crippen molar-refractivity contribution in [3.63, 3.8) is 0 Å². The lowest BCUT2D eigenvalue weighted by Gasteiger charge is -1.90. The highest BCUT2D eigenvalue weighted by Crippen LogP contribution is 1.81. The van der Waals surface area contributed by atoms with E-state index >= 15 is 0 Å². The third-order valence-electron chi connectivity index (χ3n) is 0.818. The van der Waals surface area contributed by atoms with Crippen LogP contribution in [0.1, 0.15) is 28.7 Å². The monoisotopic (exact) mass is 218 g/mol. The molecule has 0 aliphatic rings. The van der Waals surface area contributed by atoms with E-state index in [-0.39, 0.29) is 26.4 Å². The summed E-state index contributed by atoms with van der Waals surface area (Å²) in [5.74, 6) is -1.29. The van der Waals surface area contributed by atoms with Crippen LogP contribution in [0.5, 0.6) is 0 Å². The maximum atomic E-state index is 10.1. The molecule has 0 aromatic carbocycles. The summed E-state index contributed by atoms with van der Waals surface area (Å²) >= 11 is 0. The highest BCUT2D eigenvalue weighted by atomic mass is 16.5. The van der Waals surface area contributed by atoms with Crippen molar-refractivity contribution in [2.75, 3.05) is 6.61 Å². The topological polar surface area (TPSA) is 63.6 Å². The van der Waals surface area contributed by atoms with Gasteiger partial charge in [0.05, 0.1) is 6.61 Å². The van der Waals surface area contributed by atoms with Crippen LogP contribution in [0.4, 0.5) is 0 Å². The second-order valence-corrected chi connectivity index (χ2v) is 2.04. The fourth-order valence-electron chi connectivity index (χ4n) is 0.201. The SMILES string of the molecule is C.C.C=C(C)C(=O)O.C=CC(=O)OCC. The van der Waals surface area contributed by atoms with Crippen LogP contribution in [0.25, 0.3) is 0 Å². The van der Waals surface area contributed by atoms with Gasteiger partial charge in [0.25, 0.3) is 0 Å². The summed E-state index contributed by atoms with van der Waals surface area (Å²) in [6, 6.07) is 0. The molecule has 0 aliphatic heterocycles. The summed E-state index contributed by atoms with van der Waals surface area (Å²) in [4.78, 5) is 19.7. The van der Waals surface area contributed by atoms with Crippen molar-refractivity contribution in [2.24, 2.45) is 0 Å². The number of hydrogen-bond donors (Lipinski definition) is 1. The van der Waals surface area contributed by atoms with Gasteiger partial charge >= 0.3 is 11.9 Å². The molecule has 0 heterocycles. The van der Waals surface area contributed by atoms with Crippen LogP contribution in [0, 0.1) is 0 Å². The average molecular weight is 218 g/mol. The number of rotatable bonds is 3. The molecule has 15 heavy (non-hydrogen) atoms. The summed E-state index contributed by atoms with van der Waals surface area (Å²) in [5.41, 5.74) is 0.176. The first-order valence-corrected chi connectivity index (χ1v) is 3.63. The minimum atomic E-state index is -0.935. The quantitative estimate of drug-likeness (QED) is 0.584. The van der Waals surface area contributed by atoms with Gasteiger partial charge in [-0.15, -0.1) is 0 Å². The third-order valence-corrected chi connectivity index (χ3v) is 0.818. The molecular formula is C11H22O4. The average Bonchev–Trinajstić information content (AvgIpc) is 2.05. The van der Waals surface area contributed by atoms with E-state index in [1.165, 1.54) is 6.92 Å². The van der Waals surface area contributed by atoms with Crippen molar-refractivity contribution in [3.05, 3.63) is 24.8 Å². The Bertz CT molecular complexity index is 195. The Balaban J connectivity index is -0.0000000718. The lowest BCUT2D eigenvalue weighted by atomic mass is 10.4. The summed E-state index contributed by atoms with van der Waals surface area (Å²) in [7, 11) is 0. The molecule has 0 rings (SSSR count). The number of carbonyl (C=O) groups excluding carboxylic acids is 1. The predicted molar refractivity (Wildman–Crippen MR) is 62.7 cm³/mol. The molecule has 0 aliphatic carbocycles. The van der Waals surface area contributed by atoms with Gasteiger partial charge in [0, 0.05) is 11.6 Å². The molecule has 0 spiro atoms. The van der Waals surface area contributed by atoms with E-state index in [2.05, 4.69) is 17.9 Å². The van der Waals surface area contributed by atoms with Crippen molar-refractivity contribution < 1.29 is 19.4 Å². The lowest BCUT2D eigenvalue weighted by molar-refractivity contribution is -0.137. The van der Waals surface area contributed by atoms with E-state index in [4.69, 9.17) is 5.11 Å². The second kappa shape index (κ2) is 14.9. The van der Waals surface area contributed by atoms with Gasteiger partial charge in [0.2, 0.25) is 0 Å². The third kappa shape index (κ3) is 24.5. The van der Waals surface area contributed by atoms with Crippen LogP contribution in [0.2, 0.25) is 0 Å². The fraction of sp³-hybridized carbons (Fsp3) is 0.455. The summed E-state index contributed by atoms with van der Waals surface area (Å²) in [6.45, 7) is 9.98. The molecular weight excluding hydrogens is 196 g/mol. The number of carboxylic acid groups (broad SMARTS) is 1. The molecule has 0 saturated heterocycles. The Morgan fingerprint density at radius 1 is 1.40 bits per heavy atom. The summed E-state index contributed by atoms with van der Waals surface area (Å²) < 4.78 is 4.43. The maximum Gasteiger partial charge on any atom is 0.330 e. The van der Waals surface area contributed by atoms with Gasteiger partial charge < -0.3 is 9.84 Å². The van der Waals surface area contributed by atoms with Gasteiger partial charge in [-0.1, -0.05) is 28.0 Å². The van der Waals surface area contributed by atoms with Gasteiger partial charge in [-0.25, -0.2) is 9.59 Å². The maximum absolute atomic E-state index is 10.1. The number of ether oxygens (including phenoxy) is 1. The molecule has 0 amide bonds. The number of carbonyl (C=O) groups is 2. The first kappa shape index (κ1) is 23.3. The Hall–Kier alpha value is -1.58. The van der Waals surface area contributed by atoms with Crippen molar-refractivity contribution >= 4 is 11.9 Å². The standard InChI is InChI=1S/C5H8O2.C4H6O2.2CH4/c1-3-5(6)7-4-2;1-3(2)4(5)6;;/h3H,1,4H2,2H3;1H2,2H3,(H,5,6);2*1H4. The molecule has 1 N–H and O–H groups in total. The van der Waals surface area contributed by atoms with Crippen LogP contribution < -0.4 is 0 Å². The minimum Gasteiger partial charge on any atom is -0.478 e. The Morgan fingerprint density at radius 2 is 1.73 bits per heavy atom. The molecule has 0 unspecified atom stereocenters. The van der Waals surface area contributed by atoms with Crippen LogP contribution in [-0.2, 0) is 14.3 Å². The van der Waals surface area contributed by atoms with Gasteiger partial charge in [-0.05, 0) is 13.8 Å². The number of carboxylic acids is 1. The molecule has 4 nitrogen and oxygen atoms in total. The summed E-state index contributed by atoms with van der Waals surface area (Å²) in [5, 5.41) is 7.89. The zero-order valence-electron chi connectivity index (χ0n) is 7.87. The van der Waals surface area contributed by atoms with Crippen LogP contribution >= 0.6 is 0 Å². The molecule has 0 bridgehead atoms. The van der Waals surface area contributed by atoms with Gasteiger partial charge in [0.1, 0.15) is 0 Å². The van der Waals surface area contributed by atoms with E-state index in [9.17, 15) is 9.59 Å². The molecule has 0 atom stereocenters. The van der Waals surface area contributed by atoms with Crippen LogP contribution in [0.15, 0.2) is 24.8 Å². The normalized spacial score (nSPS) is 6.53. The molecule has 90 valence electrons. The van der Waals surface area contributed by atoms with Crippen LogP contribution in [-0.4, -0.2) is 23.7 Å². The van der Waals surface area contributed by atoms with E-state index in [0.29, 0.717) is 6.61 Å². The van der Waals surface area contributed by atoms with Gasteiger partial charge in [-0.3, -0.25) is 0 Å². The van der Waals surface area contributed by atoms with Crippen molar-refractivity contribution in [1.29, 1.82) is 0 Å². The van der Waals surface area contributed by atoms with E-state index in [1.54, 1.807) is 6.92 Å². The first-order valence-electron chi connectivity index (χ1n) is 3.63. The highest BCUT2D eigenvalue weighted by molar-refractivity contribution is 5.84.